The predicted molar refractivity (Wildman–Crippen MR) is 88.7 cm³/mol. The minimum Gasteiger partial charge on any atom is -0.414 e. The molecule has 3 aromatic rings. The van der Waals surface area contributed by atoms with E-state index >= 15 is 0 Å². The van der Waals surface area contributed by atoms with Crippen LogP contribution in [0.2, 0.25) is 0 Å². The van der Waals surface area contributed by atoms with E-state index in [4.69, 9.17) is 9.68 Å². The Labute approximate surface area is 136 Å². The van der Waals surface area contributed by atoms with E-state index in [1.54, 1.807) is 30.3 Å². The number of benzene rings is 2. The Morgan fingerprint density at radius 2 is 1.92 bits per heavy atom. The average Bonchev–Trinajstić information content (AvgIpc) is 2.60. The lowest BCUT2D eigenvalue weighted by Gasteiger charge is -2.06. The van der Waals surface area contributed by atoms with Crippen LogP contribution in [0.15, 0.2) is 51.7 Å². The van der Waals surface area contributed by atoms with Crippen LogP contribution in [0.1, 0.15) is 18.1 Å². The first-order chi connectivity index (χ1) is 11.5. The Balaban J connectivity index is 2.32. The molecule has 0 spiro atoms. The molecule has 3 rings (SSSR count). The van der Waals surface area contributed by atoms with Crippen molar-refractivity contribution in [2.24, 2.45) is 0 Å². The van der Waals surface area contributed by atoms with Crippen molar-refractivity contribution < 1.29 is 9.34 Å². The summed E-state index contributed by atoms with van der Waals surface area (Å²) >= 11 is 0. The van der Waals surface area contributed by atoms with Gasteiger partial charge in [0.05, 0.1) is 10.5 Å². The third kappa shape index (κ3) is 2.52. The number of hydrogen-bond donors (Lipinski definition) is 0. The lowest BCUT2D eigenvalue weighted by Crippen LogP contribution is -2.05. The summed E-state index contributed by atoms with van der Waals surface area (Å²) in [6, 6.07) is 13.6. The first-order valence-corrected chi connectivity index (χ1v) is 7.29. The van der Waals surface area contributed by atoms with E-state index in [0.717, 1.165) is 12.0 Å². The Morgan fingerprint density at radius 3 is 2.50 bits per heavy atom. The van der Waals surface area contributed by atoms with E-state index in [2.05, 4.69) is 0 Å². The molecule has 0 aliphatic carbocycles. The molecule has 6 heteroatoms. The molecule has 0 atom stereocenters. The van der Waals surface area contributed by atoms with E-state index < -0.39 is 10.5 Å². The molecule has 24 heavy (non-hydrogen) atoms. The van der Waals surface area contributed by atoms with Gasteiger partial charge in [-0.05, 0) is 29.7 Å². The van der Waals surface area contributed by atoms with Gasteiger partial charge in [-0.25, -0.2) is 4.79 Å². The Hall–Kier alpha value is -3.46. The van der Waals surface area contributed by atoms with Crippen molar-refractivity contribution in [1.29, 1.82) is 5.26 Å². The van der Waals surface area contributed by atoms with Crippen LogP contribution in [0, 0.1) is 21.4 Å². The average molecular weight is 320 g/mol. The lowest BCUT2D eigenvalue weighted by atomic mass is 9.99. The highest BCUT2D eigenvalue weighted by atomic mass is 16.6. The predicted octanol–water partition coefficient (Wildman–Crippen LogP) is 3.80. The number of hydrogen-bond acceptors (Lipinski definition) is 5. The van der Waals surface area contributed by atoms with Crippen LogP contribution in [0.5, 0.6) is 0 Å². The van der Waals surface area contributed by atoms with Crippen LogP contribution >= 0.6 is 0 Å². The van der Waals surface area contributed by atoms with E-state index in [9.17, 15) is 14.9 Å². The molecule has 6 nitrogen and oxygen atoms in total. The molecule has 0 saturated carbocycles. The maximum atomic E-state index is 11.8. The summed E-state index contributed by atoms with van der Waals surface area (Å²) in [6.07, 6.45) is 0.867. The molecule has 0 aliphatic heterocycles. The van der Waals surface area contributed by atoms with E-state index in [-0.39, 0.29) is 16.8 Å². The van der Waals surface area contributed by atoms with Crippen LogP contribution in [-0.4, -0.2) is 4.92 Å². The monoisotopic (exact) mass is 320 g/mol. The summed E-state index contributed by atoms with van der Waals surface area (Å²) in [5.41, 5.74) is 0.672. The fourth-order valence-electron chi connectivity index (χ4n) is 2.58. The molecule has 0 saturated heterocycles. The number of nitro benzene ring substituents is 1. The van der Waals surface area contributed by atoms with Gasteiger partial charge >= 0.3 is 11.3 Å². The molecule has 0 amide bonds. The Morgan fingerprint density at radius 1 is 1.21 bits per heavy atom. The van der Waals surface area contributed by atoms with Crippen molar-refractivity contribution in [3.05, 3.63) is 74.1 Å². The van der Waals surface area contributed by atoms with Crippen LogP contribution < -0.4 is 5.63 Å². The largest absolute Gasteiger partial charge is 0.414 e. The normalized spacial score (nSPS) is 10.5. The van der Waals surface area contributed by atoms with E-state index in [1.165, 1.54) is 6.07 Å². The Kier molecular flexibility index (Phi) is 3.84. The van der Waals surface area contributed by atoms with Gasteiger partial charge in [0.25, 0.3) is 0 Å². The minimum absolute atomic E-state index is 0.124. The first kappa shape index (κ1) is 15.4. The summed E-state index contributed by atoms with van der Waals surface area (Å²) < 4.78 is 5.06. The van der Waals surface area contributed by atoms with Crippen LogP contribution in [0.4, 0.5) is 5.69 Å². The third-order valence-electron chi connectivity index (χ3n) is 3.85. The quantitative estimate of drug-likeness (QED) is 0.415. The van der Waals surface area contributed by atoms with Crippen LogP contribution in [0.3, 0.4) is 0 Å². The lowest BCUT2D eigenvalue weighted by molar-refractivity contribution is -0.383. The number of nitro groups is 1. The number of nitriles is 1. The second kappa shape index (κ2) is 5.97. The van der Waals surface area contributed by atoms with Gasteiger partial charge in [-0.3, -0.25) is 10.1 Å². The van der Waals surface area contributed by atoms with Crippen molar-refractivity contribution >= 4 is 16.7 Å². The summed E-state index contributed by atoms with van der Waals surface area (Å²) in [5, 5.41) is 20.8. The minimum atomic E-state index is -0.883. The number of aryl methyl sites for hydroxylation is 1. The molecule has 0 radical (unpaired) electrons. The van der Waals surface area contributed by atoms with Gasteiger partial charge < -0.3 is 4.42 Å². The SMILES string of the molecule is CCc1ccc(-c2ccc3cc(C#N)c(=O)oc3c2[N+](=O)[O-])cc1. The molecule has 118 valence electrons. The van der Waals surface area contributed by atoms with Crippen molar-refractivity contribution in [1.82, 2.24) is 0 Å². The standard InChI is InChI=1S/C18H12N2O4/c1-2-11-3-5-12(6-4-11)15-8-7-13-9-14(10-19)18(21)24-17(13)16(15)20(22)23/h3-9H,2H2,1H3. The van der Waals surface area contributed by atoms with Gasteiger partial charge in [0, 0.05) is 5.39 Å². The van der Waals surface area contributed by atoms with Crippen LogP contribution in [0.25, 0.3) is 22.1 Å². The molecule has 0 fully saturated rings. The van der Waals surface area contributed by atoms with Crippen molar-refractivity contribution in [3.63, 3.8) is 0 Å². The highest BCUT2D eigenvalue weighted by molar-refractivity contribution is 5.94. The summed E-state index contributed by atoms with van der Waals surface area (Å²) in [5.74, 6) is 0. The van der Waals surface area contributed by atoms with Crippen LogP contribution in [-0.2, 0) is 6.42 Å². The van der Waals surface area contributed by atoms with Gasteiger partial charge in [0.1, 0.15) is 11.6 Å². The zero-order valence-corrected chi connectivity index (χ0v) is 12.8. The molecule has 0 bridgehead atoms. The molecule has 1 aromatic heterocycles. The Bertz CT molecular complexity index is 1040. The van der Waals surface area contributed by atoms with Gasteiger partial charge in [0.15, 0.2) is 0 Å². The van der Waals surface area contributed by atoms with E-state index in [0.29, 0.717) is 16.5 Å². The second-order valence-corrected chi connectivity index (χ2v) is 5.25. The summed E-state index contributed by atoms with van der Waals surface area (Å²) in [6.45, 7) is 2.02. The highest BCUT2D eigenvalue weighted by Crippen LogP contribution is 2.36. The molecule has 1 heterocycles. The topological polar surface area (TPSA) is 97.1 Å². The number of rotatable bonds is 3. The molecule has 2 aromatic carbocycles. The fraction of sp³-hybridized carbons (Fsp3) is 0.111. The second-order valence-electron chi connectivity index (χ2n) is 5.25. The molecule has 0 N–H and O–H groups in total. The van der Waals surface area contributed by atoms with Gasteiger partial charge in [0.2, 0.25) is 5.58 Å². The third-order valence-corrected chi connectivity index (χ3v) is 3.85. The molecular formula is C18H12N2O4. The van der Waals surface area contributed by atoms with Crippen molar-refractivity contribution in [3.8, 4) is 17.2 Å². The number of nitrogens with zero attached hydrogens (tertiary/aromatic N) is 2. The molecule has 0 unspecified atom stereocenters. The zero-order valence-electron chi connectivity index (χ0n) is 12.8. The molecule has 0 aliphatic rings. The van der Waals surface area contributed by atoms with Crippen molar-refractivity contribution in [2.45, 2.75) is 13.3 Å². The number of fused-ring (bicyclic) bond motifs is 1. The van der Waals surface area contributed by atoms with Crippen molar-refractivity contribution in [2.75, 3.05) is 0 Å². The highest BCUT2D eigenvalue weighted by Gasteiger charge is 2.23. The first-order valence-electron chi connectivity index (χ1n) is 7.29. The van der Waals surface area contributed by atoms with E-state index in [1.807, 2.05) is 19.1 Å². The smallest absolute Gasteiger partial charge is 0.354 e. The van der Waals surface area contributed by atoms with Gasteiger partial charge in [-0.1, -0.05) is 37.3 Å². The summed E-state index contributed by atoms with van der Waals surface area (Å²) in [4.78, 5) is 22.8. The van der Waals surface area contributed by atoms with Gasteiger partial charge in [-0.2, -0.15) is 5.26 Å². The fourth-order valence-corrected chi connectivity index (χ4v) is 2.58. The zero-order chi connectivity index (χ0) is 17.3. The maximum Gasteiger partial charge on any atom is 0.354 e. The van der Waals surface area contributed by atoms with Gasteiger partial charge in [-0.15, -0.1) is 0 Å². The molecular weight excluding hydrogens is 308 g/mol. The maximum absolute atomic E-state index is 11.8. The summed E-state index contributed by atoms with van der Waals surface area (Å²) in [7, 11) is 0.